The highest BCUT2D eigenvalue weighted by atomic mass is 19.1. The highest BCUT2D eigenvalue weighted by Gasteiger charge is 2.25. The maximum absolute atomic E-state index is 13.3. The second-order valence-corrected chi connectivity index (χ2v) is 7.20. The highest BCUT2D eigenvalue weighted by molar-refractivity contribution is 5.39. The van der Waals surface area contributed by atoms with Crippen LogP contribution in [0.1, 0.15) is 36.0 Å². The molecule has 0 atom stereocenters. The van der Waals surface area contributed by atoms with Crippen molar-refractivity contribution in [3.05, 3.63) is 59.7 Å². The molecule has 27 heavy (non-hydrogen) atoms. The first-order chi connectivity index (χ1) is 13.2. The molecule has 0 bridgehead atoms. The lowest BCUT2D eigenvalue weighted by Gasteiger charge is -2.30. The largest absolute Gasteiger partial charge is 0.304 e. The molecule has 1 fully saturated rings. The number of hydrogen-bond acceptors (Lipinski definition) is 5. The molecule has 0 radical (unpaired) electrons. The van der Waals surface area contributed by atoms with E-state index in [2.05, 4.69) is 25.2 Å². The summed E-state index contributed by atoms with van der Waals surface area (Å²) in [5, 5.41) is 13.2. The van der Waals surface area contributed by atoms with Crippen LogP contribution in [-0.4, -0.2) is 47.2 Å². The first kappa shape index (κ1) is 16.3. The molecule has 8 heteroatoms. The van der Waals surface area contributed by atoms with E-state index in [0.717, 1.165) is 61.0 Å². The number of nitrogens with zero attached hydrogens (tertiary/aromatic N) is 7. The summed E-state index contributed by atoms with van der Waals surface area (Å²) < 4.78 is 17.0. The van der Waals surface area contributed by atoms with Gasteiger partial charge < -0.3 is 4.40 Å². The van der Waals surface area contributed by atoms with E-state index >= 15 is 0 Å². The molecule has 0 aromatic carbocycles. The van der Waals surface area contributed by atoms with Crippen molar-refractivity contribution in [1.82, 2.24) is 34.1 Å². The third kappa shape index (κ3) is 3.06. The zero-order chi connectivity index (χ0) is 18.4. The summed E-state index contributed by atoms with van der Waals surface area (Å²) in [5.41, 5.74) is 3.50. The van der Waals surface area contributed by atoms with Gasteiger partial charge >= 0.3 is 0 Å². The summed E-state index contributed by atoms with van der Waals surface area (Å²) >= 11 is 0. The Labute approximate surface area is 155 Å². The minimum atomic E-state index is -0.253. The summed E-state index contributed by atoms with van der Waals surface area (Å²) in [4.78, 5) is 6.97. The average molecular weight is 365 g/mol. The Kier molecular flexibility index (Phi) is 3.86. The van der Waals surface area contributed by atoms with Crippen LogP contribution in [0.25, 0.3) is 11.3 Å². The number of likely N-dealkylation sites (tertiary alicyclic amines) is 1. The minimum Gasteiger partial charge on any atom is -0.304 e. The molecule has 7 nitrogen and oxygen atoms in total. The maximum Gasteiger partial charge on any atom is 0.177 e. The number of halogens is 1. The van der Waals surface area contributed by atoms with Gasteiger partial charge in [-0.15, -0.1) is 10.2 Å². The lowest BCUT2D eigenvalue weighted by atomic mass is 9.96. The number of aryl methyl sites for hydroxylation is 1. The first-order valence-electron chi connectivity index (χ1n) is 9.20. The van der Waals surface area contributed by atoms with Crippen molar-refractivity contribution in [1.29, 1.82) is 0 Å². The summed E-state index contributed by atoms with van der Waals surface area (Å²) in [7, 11) is 0. The molecule has 138 valence electrons. The third-order valence-corrected chi connectivity index (χ3v) is 5.22. The van der Waals surface area contributed by atoms with Crippen molar-refractivity contribution in [3.63, 3.8) is 0 Å². The SMILES string of the molecule is Cc1ccc2nnc(C3CCN(Cc4cn5cc(F)ccc5n4)CC3)n2n1. The van der Waals surface area contributed by atoms with E-state index in [-0.39, 0.29) is 5.82 Å². The zero-order valence-electron chi connectivity index (χ0n) is 15.1. The van der Waals surface area contributed by atoms with Crippen LogP contribution >= 0.6 is 0 Å². The summed E-state index contributed by atoms with van der Waals surface area (Å²) in [5.74, 6) is 1.06. The zero-order valence-corrected chi connectivity index (χ0v) is 15.1. The van der Waals surface area contributed by atoms with Crippen molar-refractivity contribution < 1.29 is 4.39 Å². The van der Waals surface area contributed by atoms with Gasteiger partial charge in [0, 0.05) is 24.9 Å². The lowest BCUT2D eigenvalue weighted by molar-refractivity contribution is 0.199. The van der Waals surface area contributed by atoms with Gasteiger partial charge in [0.2, 0.25) is 0 Å². The molecular formula is C19H20FN7. The van der Waals surface area contributed by atoms with Gasteiger partial charge in [-0.05, 0) is 57.1 Å². The Morgan fingerprint density at radius 2 is 1.85 bits per heavy atom. The standard InChI is InChI=1S/C19H20FN7/c1-13-2-4-18-22-23-19(27(18)24-13)14-6-8-25(9-7-14)11-16-12-26-10-15(20)3-5-17(26)21-16/h2-5,10,12,14H,6-9,11H2,1H3. The van der Waals surface area contributed by atoms with Crippen LogP contribution in [0.15, 0.2) is 36.7 Å². The Balaban J connectivity index is 1.28. The summed E-state index contributed by atoms with van der Waals surface area (Å²) in [6.45, 7) is 4.68. The van der Waals surface area contributed by atoms with Gasteiger partial charge in [-0.3, -0.25) is 4.90 Å². The molecule has 0 unspecified atom stereocenters. The predicted octanol–water partition coefficient (Wildman–Crippen LogP) is 2.60. The molecule has 1 aliphatic heterocycles. The van der Waals surface area contributed by atoms with Gasteiger partial charge in [0.25, 0.3) is 0 Å². The van der Waals surface area contributed by atoms with Crippen LogP contribution in [0.4, 0.5) is 4.39 Å². The molecule has 0 aliphatic carbocycles. The van der Waals surface area contributed by atoms with Crippen molar-refractivity contribution in [2.45, 2.75) is 32.2 Å². The molecule has 1 aliphatic rings. The summed E-state index contributed by atoms with van der Waals surface area (Å²) in [6.07, 6.45) is 5.39. The van der Waals surface area contributed by atoms with E-state index in [1.807, 2.05) is 29.8 Å². The van der Waals surface area contributed by atoms with Crippen molar-refractivity contribution in [2.75, 3.05) is 13.1 Å². The van der Waals surface area contributed by atoms with Crippen molar-refractivity contribution in [2.24, 2.45) is 0 Å². The number of imidazole rings is 1. The van der Waals surface area contributed by atoms with Gasteiger partial charge in [0.05, 0.1) is 11.4 Å². The maximum atomic E-state index is 13.3. The van der Waals surface area contributed by atoms with E-state index in [1.54, 1.807) is 10.5 Å². The van der Waals surface area contributed by atoms with Gasteiger partial charge in [-0.1, -0.05) is 0 Å². The second kappa shape index (κ2) is 6.38. The molecule has 5 rings (SSSR count). The van der Waals surface area contributed by atoms with Gasteiger partial charge in [-0.25, -0.2) is 9.37 Å². The molecule has 5 heterocycles. The fourth-order valence-electron chi connectivity index (χ4n) is 3.82. The monoisotopic (exact) mass is 365 g/mol. The molecular weight excluding hydrogens is 345 g/mol. The molecule has 1 saturated heterocycles. The number of piperidine rings is 1. The van der Waals surface area contributed by atoms with Crippen LogP contribution in [0.3, 0.4) is 0 Å². The Morgan fingerprint density at radius 1 is 1.04 bits per heavy atom. The number of pyridine rings is 1. The van der Waals surface area contributed by atoms with Crippen LogP contribution < -0.4 is 0 Å². The Morgan fingerprint density at radius 3 is 2.70 bits per heavy atom. The number of hydrogen-bond donors (Lipinski definition) is 0. The van der Waals surface area contributed by atoms with Crippen molar-refractivity contribution >= 4 is 11.3 Å². The molecule has 0 N–H and O–H groups in total. The molecule has 0 spiro atoms. The normalized spacial score (nSPS) is 16.5. The fraction of sp³-hybridized carbons (Fsp3) is 0.368. The fourth-order valence-corrected chi connectivity index (χ4v) is 3.82. The quantitative estimate of drug-likeness (QED) is 0.558. The van der Waals surface area contributed by atoms with E-state index in [1.165, 1.54) is 12.3 Å². The topological polar surface area (TPSA) is 63.6 Å². The second-order valence-electron chi connectivity index (χ2n) is 7.20. The molecule has 4 aromatic rings. The number of aromatic nitrogens is 6. The average Bonchev–Trinajstić information content (AvgIpc) is 3.25. The molecule has 0 amide bonds. The van der Waals surface area contributed by atoms with Crippen LogP contribution in [-0.2, 0) is 6.54 Å². The molecule has 4 aromatic heterocycles. The third-order valence-electron chi connectivity index (χ3n) is 5.22. The van der Waals surface area contributed by atoms with E-state index in [4.69, 9.17) is 0 Å². The minimum absolute atomic E-state index is 0.253. The molecule has 0 saturated carbocycles. The number of fused-ring (bicyclic) bond motifs is 2. The van der Waals surface area contributed by atoms with Crippen LogP contribution in [0, 0.1) is 12.7 Å². The highest BCUT2D eigenvalue weighted by Crippen LogP contribution is 2.27. The van der Waals surface area contributed by atoms with Crippen LogP contribution in [0.5, 0.6) is 0 Å². The van der Waals surface area contributed by atoms with E-state index < -0.39 is 0 Å². The van der Waals surface area contributed by atoms with E-state index in [9.17, 15) is 4.39 Å². The van der Waals surface area contributed by atoms with Gasteiger partial charge in [-0.2, -0.15) is 9.61 Å². The van der Waals surface area contributed by atoms with Gasteiger partial charge in [0.1, 0.15) is 11.5 Å². The Bertz CT molecular complexity index is 1110. The summed E-state index contributed by atoms with van der Waals surface area (Å²) in [6, 6.07) is 7.06. The first-order valence-corrected chi connectivity index (χ1v) is 9.20. The smallest absolute Gasteiger partial charge is 0.177 e. The van der Waals surface area contributed by atoms with E-state index in [0.29, 0.717) is 5.92 Å². The number of rotatable bonds is 3. The predicted molar refractivity (Wildman–Crippen MR) is 97.9 cm³/mol. The Hall–Kier alpha value is -2.87. The lowest BCUT2D eigenvalue weighted by Crippen LogP contribution is -2.33. The van der Waals surface area contributed by atoms with Crippen molar-refractivity contribution in [3.8, 4) is 0 Å². The van der Waals surface area contributed by atoms with Gasteiger partial charge in [0.15, 0.2) is 11.5 Å². The van der Waals surface area contributed by atoms with Crippen LogP contribution in [0.2, 0.25) is 0 Å².